The molecule has 92 valence electrons. The van der Waals surface area contributed by atoms with Crippen molar-refractivity contribution < 1.29 is 5.11 Å². The molecule has 0 bridgehead atoms. The van der Waals surface area contributed by atoms with Crippen molar-refractivity contribution in [2.24, 2.45) is 11.8 Å². The number of benzene rings is 1. The zero-order valence-electron chi connectivity index (χ0n) is 11.0. The summed E-state index contributed by atoms with van der Waals surface area (Å²) in [7, 11) is 0. The minimum absolute atomic E-state index is 0.467. The molecule has 0 saturated heterocycles. The molecule has 1 fully saturated rings. The zero-order valence-corrected chi connectivity index (χ0v) is 11.0. The van der Waals surface area contributed by atoms with Gasteiger partial charge in [0.25, 0.3) is 0 Å². The number of hydrogen-bond acceptors (Lipinski definition) is 1. The standard InChI is InChI=1S/C16H22O/c1-4-15-13(3)10-12(2)11-16(15,17)14-8-6-5-7-9-14/h4-9,12-13,17H,10-11H2,1-3H3/b15-4+/t12-,13-,16-/m1/s1. The molecule has 0 spiro atoms. The summed E-state index contributed by atoms with van der Waals surface area (Å²) >= 11 is 0. The van der Waals surface area contributed by atoms with E-state index in [1.807, 2.05) is 37.3 Å². The van der Waals surface area contributed by atoms with Crippen molar-refractivity contribution in [2.75, 3.05) is 0 Å². The Morgan fingerprint density at radius 2 is 1.88 bits per heavy atom. The quantitative estimate of drug-likeness (QED) is 0.726. The van der Waals surface area contributed by atoms with Crippen LogP contribution >= 0.6 is 0 Å². The Morgan fingerprint density at radius 3 is 2.47 bits per heavy atom. The molecule has 0 unspecified atom stereocenters. The highest BCUT2D eigenvalue weighted by Crippen LogP contribution is 2.46. The van der Waals surface area contributed by atoms with Gasteiger partial charge in [0.2, 0.25) is 0 Å². The van der Waals surface area contributed by atoms with Crippen molar-refractivity contribution in [3.8, 4) is 0 Å². The van der Waals surface area contributed by atoms with E-state index in [1.165, 1.54) is 12.0 Å². The largest absolute Gasteiger partial charge is 0.381 e. The minimum atomic E-state index is -0.757. The first-order chi connectivity index (χ1) is 8.08. The molecule has 0 aromatic heterocycles. The van der Waals surface area contributed by atoms with Gasteiger partial charge in [-0.3, -0.25) is 0 Å². The molecular weight excluding hydrogens is 208 g/mol. The maximum Gasteiger partial charge on any atom is 0.111 e. The normalized spacial score (nSPS) is 36.1. The molecule has 0 heterocycles. The first kappa shape index (κ1) is 12.4. The second-order valence-electron chi connectivity index (χ2n) is 5.42. The Morgan fingerprint density at radius 1 is 1.24 bits per heavy atom. The maximum absolute atomic E-state index is 11.1. The molecule has 1 aliphatic carbocycles. The Labute approximate surface area is 104 Å². The van der Waals surface area contributed by atoms with Crippen LogP contribution in [0, 0.1) is 11.8 Å². The van der Waals surface area contributed by atoms with E-state index in [2.05, 4.69) is 19.9 Å². The number of allylic oxidation sites excluding steroid dienone is 1. The molecule has 1 saturated carbocycles. The number of rotatable bonds is 1. The van der Waals surface area contributed by atoms with Gasteiger partial charge in [0.1, 0.15) is 5.60 Å². The highest BCUT2D eigenvalue weighted by molar-refractivity contribution is 5.35. The average Bonchev–Trinajstić information content (AvgIpc) is 2.29. The summed E-state index contributed by atoms with van der Waals surface area (Å²) in [4.78, 5) is 0. The van der Waals surface area contributed by atoms with Crippen molar-refractivity contribution >= 4 is 0 Å². The Bertz CT molecular complexity index is 407. The van der Waals surface area contributed by atoms with E-state index in [0.717, 1.165) is 12.0 Å². The van der Waals surface area contributed by atoms with E-state index in [4.69, 9.17) is 0 Å². The van der Waals surface area contributed by atoms with Crippen molar-refractivity contribution in [1.29, 1.82) is 0 Å². The van der Waals surface area contributed by atoms with Gasteiger partial charge in [-0.15, -0.1) is 0 Å². The van der Waals surface area contributed by atoms with E-state index >= 15 is 0 Å². The topological polar surface area (TPSA) is 20.2 Å². The molecule has 3 atom stereocenters. The Balaban J connectivity index is 2.46. The van der Waals surface area contributed by atoms with Crippen LogP contribution in [-0.4, -0.2) is 5.11 Å². The smallest absolute Gasteiger partial charge is 0.111 e. The molecule has 1 nitrogen and oxygen atoms in total. The minimum Gasteiger partial charge on any atom is -0.381 e. The fourth-order valence-electron chi connectivity index (χ4n) is 3.37. The summed E-state index contributed by atoms with van der Waals surface area (Å²) in [5.74, 6) is 1.04. The summed E-state index contributed by atoms with van der Waals surface area (Å²) in [6, 6.07) is 10.1. The third-order valence-electron chi connectivity index (χ3n) is 3.97. The van der Waals surface area contributed by atoms with Crippen LogP contribution in [-0.2, 0) is 5.60 Å². The van der Waals surface area contributed by atoms with Gasteiger partial charge in [-0.05, 0) is 42.7 Å². The van der Waals surface area contributed by atoms with Crippen LogP contribution in [0.15, 0.2) is 42.0 Å². The predicted octanol–water partition coefficient (Wildman–Crippen LogP) is 3.89. The van der Waals surface area contributed by atoms with Gasteiger partial charge in [0, 0.05) is 0 Å². The van der Waals surface area contributed by atoms with Crippen LogP contribution in [0.3, 0.4) is 0 Å². The third-order valence-corrected chi connectivity index (χ3v) is 3.97. The summed E-state index contributed by atoms with van der Waals surface area (Å²) in [6.07, 6.45) is 4.11. The van der Waals surface area contributed by atoms with Gasteiger partial charge in [0.15, 0.2) is 0 Å². The van der Waals surface area contributed by atoms with Crippen molar-refractivity contribution in [1.82, 2.24) is 0 Å². The van der Waals surface area contributed by atoms with Crippen LogP contribution in [0.25, 0.3) is 0 Å². The first-order valence-corrected chi connectivity index (χ1v) is 6.52. The van der Waals surface area contributed by atoms with Crippen LogP contribution in [0.4, 0.5) is 0 Å². The predicted molar refractivity (Wildman–Crippen MR) is 71.7 cm³/mol. The summed E-state index contributed by atoms with van der Waals surface area (Å²) in [5, 5.41) is 11.1. The molecular formula is C16H22O. The van der Waals surface area contributed by atoms with Gasteiger partial charge in [-0.25, -0.2) is 0 Å². The van der Waals surface area contributed by atoms with Crippen LogP contribution in [0.1, 0.15) is 39.2 Å². The van der Waals surface area contributed by atoms with Crippen molar-refractivity contribution in [2.45, 2.75) is 39.2 Å². The lowest BCUT2D eigenvalue weighted by atomic mass is 9.67. The fraction of sp³-hybridized carbons (Fsp3) is 0.500. The lowest BCUT2D eigenvalue weighted by Gasteiger charge is -2.42. The Kier molecular flexibility index (Phi) is 3.39. The lowest BCUT2D eigenvalue weighted by molar-refractivity contribution is 0.0176. The van der Waals surface area contributed by atoms with Gasteiger partial charge in [0.05, 0.1) is 0 Å². The lowest BCUT2D eigenvalue weighted by Crippen LogP contribution is -2.38. The number of hydrogen-bond donors (Lipinski definition) is 1. The molecule has 0 radical (unpaired) electrons. The molecule has 1 aromatic carbocycles. The molecule has 1 aromatic rings. The van der Waals surface area contributed by atoms with E-state index in [9.17, 15) is 5.11 Å². The summed E-state index contributed by atoms with van der Waals surface area (Å²) in [5.41, 5.74) is 1.46. The second-order valence-corrected chi connectivity index (χ2v) is 5.42. The second kappa shape index (κ2) is 4.66. The van der Waals surface area contributed by atoms with Crippen molar-refractivity contribution in [3.05, 3.63) is 47.5 Å². The SMILES string of the molecule is C/C=C1\[C@H](C)C[C@@H](C)C[C@@]1(O)c1ccccc1. The van der Waals surface area contributed by atoms with E-state index in [1.54, 1.807) is 0 Å². The van der Waals surface area contributed by atoms with E-state index in [0.29, 0.717) is 11.8 Å². The highest BCUT2D eigenvalue weighted by atomic mass is 16.3. The average molecular weight is 230 g/mol. The number of aliphatic hydroxyl groups is 1. The van der Waals surface area contributed by atoms with E-state index in [-0.39, 0.29) is 0 Å². The molecule has 1 N–H and O–H groups in total. The molecule has 17 heavy (non-hydrogen) atoms. The molecule has 2 rings (SSSR count). The molecule has 1 aliphatic rings. The van der Waals surface area contributed by atoms with Gasteiger partial charge in [-0.1, -0.05) is 50.3 Å². The fourth-order valence-corrected chi connectivity index (χ4v) is 3.37. The summed E-state index contributed by atoms with van der Waals surface area (Å²) in [6.45, 7) is 6.49. The maximum atomic E-state index is 11.1. The molecule has 0 amide bonds. The van der Waals surface area contributed by atoms with Crippen LogP contribution < -0.4 is 0 Å². The van der Waals surface area contributed by atoms with E-state index < -0.39 is 5.60 Å². The van der Waals surface area contributed by atoms with Crippen LogP contribution in [0.2, 0.25) is 0 Å². The van der Waals surface area contributed by atoms with Gasteiger partial charge >= 0.3 is 0 Å². The Hall–Kier alpha value is -1.08. The van der Waals surface area contributed by atoms with Crippen LogP contribution in [0.5, 0.6) is 0 Å². The molecule has 1 heteroatoms. The highest BCUT2D eigenvalue weighted by Gasteiger charge is 2.41. The zero-order chi connectivity index (χ0) is 12.5. The third kappa shape index (κ3) is 2.16. The van der Waals surface area contributed by atoms with Gasteiger partial charge < -0.3 is 5.11 Å². The monoisotopic (exact) mass is 230 g/mol. The first-order valence-electron chi connectivity index (χ1n) is 6.52. The van der Waals surface area contributed by atoms with Crippen molar-refractivity contribution in [3.63, 3.8) is 0 Å². The molecule has 0 aliphatic heterocycles. The summed E-state index contributed by atoms with van der Waals surface area (Å²) < 4.78 is 0. The van der Waals surface area contributed by atoms with Gasteiger partial charge in [-0.2, -0.15) is 0 Å².